The first-order valence-corrected chi connectivity index (χ1v) is 6.10. The molecule has 0 heterocycles. The fourth-order valence-corrected chi connectivity index (χ4v) is 0.999. The zero-order valence-electron chi connectivity index (χ0n) is 11.0. The van der Waals surface area contributed by atoms with Gasteiger partial charge in [-0.3, -0.25) is 9.98 Å². The van der Waals surface area contributed by atoms with E-state index in [1.807, 2.05) is 18.6 Å². The average molecular weight is 220 g/mol. The van der Waals surface area contributed by atoms with E-state index in [0.29, 0.717) is 0 Å². The predicted octanol–water partition coefficient (Wildman–Crippen LogP) is 4.54. The number of hydrogen-bond acceptors (Lipinski definition) is 2. The number of unbranched alkanes of at least 4 members (excludes halogenated alkanes) is 2. The Morgan fingerprint density at radius 1 is 1.06 bits per heavy atom. The van der Waals surface area contributed by atoms with E-state index < -0.39 is 0 Å². The van der Waals surface area contributed by atoms with Gasteiger partial charge < -0.3 is 0 Å². The lowest BCUT2D eigenvalue weighted by atomic mass is 10.3. The van der Waals surface area contributed by atoms with Gasteiger partial charge in [0.1, 0.15) is 0 Å². The molecule has 90 valence electrons. The van der Waals surface area contributed by atoms with Crippen LogP contribution in [0.15, 0.2) is 33.5 Å². The van der Waals surface area contributed by atoms with Crippen LogP contribution in [0.2, 0.25) is 0 Å². The van der Waals surface area contributed by atoms with Crippen LogP contribution in [0.25, 0.3) is 0 Å². The predicted molar refractivity (Wildman–Crippen MR) is 74.3 cm³/mol. The van der Waals surface area contributed by atoms with Gasteiger partial charge in [0.2, 0.25) is 0 Å². The maximum absolute atomic E-state index is 4.40. The fraction of sp³-hybridized carbons (Fsp3) is 0.571. The second-order valence-corrected chi connectivity index (χ2v) is 3.94. The SMILES string of the molecule is CCCC=NC(C=N/C=C/CCC)=C(C)C. The molecular weight excluding hydrogens is 196 g/mol. The van der Waals surface area contributed by atoms with Gasteiger partial charge in [-0.25, -0.2) is 0 Å². The largest absolute Gasteiger partial charge is 0.263 e. The van der Waals surface area contributed by atoms with E-state index in [0.717, 1.165) is 31.4 Å². The van der Waals surface area contributed by atoms with Gasteiger partial charge in [0.05, 0.1) is 11.9 Å². The molecule has 0 rings (SSSR count). The maximum Gasteiger partial charge on any atom is 0.0794 e. The highest BCUT2D eigenvalue weighted by Gasteiger charge is 1.90. The van der Waals surface area contributed by atoms with Crippen LogP contribution < -0.4 is 0 Å². The second-order valence-electron chi connectivity index (χ2n) is 3.94. The van der Waals surface area contributed by atoms with E-state index in [4.69, 9.17) is 0 Å². The van der Waals surface area contributed by atoms with Gasteiger partial charge in [-0.2, -0.15) is 0 Å². The van der Waals surface area contributed by atoms with Gasteiger partial charge in [0.15, 0.2) is 0 Å². The summed E-state index contributed by atoms with van der Waals surface area (Å²) in [7, 11) is 0. The molecule has 0 spiro atoms. The Bertz CT molecular complexity index is 279. The van der Waals surface area contributed by atoms with E-state index in [9.17, 15) is 0 Å². The van der Waals surface area contributed by atoms with Crippen molar-refractivity contribution >= 4 is 12.4 Å². The Kier molecular flexibility index (Phi) is 9.58. The molecule has 2 heteroatoms. The van der Waals surface area contributed by atoms with E-state index in [1.54, 1.807) is 0 Å². The van der Waals surface area contributed by atoms with Crippen LogP contribution in [-0.4, -0.2) is 12.4 Å². The zero-order valence-corrected chi connectivity index (χ0v) is 11.0. The summed E-state index contributed by atoms with van der Waals surface area (Å²) in [6.07, 6.45) is 12.1. The van der Waals surface area contributed by atoms with Gasteiger partial charge in [-0.15, -0.1) is 0 Å². The quantitative estimate of drug-likeness (QED) is 0.563. The molecule has 0 aliphatic heterocycles. The second kappa shape index (κ2) is 10.3. The highest BCUT2D eigenvalue weighted by atomic mass is 14.8. The van der Waals surface area contributed by atoms with Crippen molar-refractivity contribution in [3.8, 4) is 0 Å². The van der Waals surface area contributed by atoms with Crippen LogP contribution in [-0.2, 0) is 0 Å². The van der Waals surface area contributed by atoms with E-state index >= 15 is 0 Å². The molecule has 0 aromatic carbocycles. The van der Waals surface area contributed by atoms with Crippen molar-refractivity contribution in [3.05, 3.63) is 23.5 Å². The molecule has 0 aliphatic carbocycles. The Labute approximate surface area is 99.9 Å². The van der Waals surface area contributed by atoms with E-state index in [2.05, 4.69) is 43.8 Å². The van der Waals surface area contributed by atoms with Gasteiger partial charge in [0.25, 0.3) is 0 Å². The fourth-order valence-electron chi connectivity index (χ4n) is 0.999. The van der Waals surface area contributed by atoms with E-state index in [1.165, 1.54) is 5.57 Å². The summed E-state index contributed by atoms with van der Waals surface area (Å²) in [5.41, 5.74) is 2.16. The minimum atomic E-state index is 0.967. The van der Waals surface area contributed by atoms with Crippen molar-refractivity contribution < 1.29 is 0 Å². The molecule has 2 nitrogen and oxygen atoms in total. The third kappa shape index (κ3) is 8.16. The molecule has 0 saturated heterocycles. The lowest BCUT2D eigenvalue weighted by Crippen LogP contribution is -1.85. The Hall–Kier alpha value is -1.18. The third-order valence-corrected chi connectivity index (χ3v) is 2.00. The molecule has 0 aliphatic rings. The van der Waals surface area contributed by atoms with Crippen LogP contribution in [0.3, 0.4) is 0 Å². The smallest absolute Gasteiger partial charge is 0.0794 e. The summed E-state index contributed by atoms with van der Waals surface area (Å²) in [5.74, 6) is 0. The summed E-state index contributed by atoms with van der Waals surface area (Å²) in [6, 6.07) is 0. The average Bonchev–Trinajstić information content (AvgIpc) is 2.26. The molecule has 0 N–H and O–H groups in total. The summed E-state index contributed by atoms with van der Waals surface area (Å²) >= 11 is 0. The molecule has 0 unspecified atom stereocenters. The van der Waals surface area contributed by atoms with Gasteiger partial charge in [-0.05, 0) is 32.3 Å². The molecule has 0 atom stereocenters. The molecule has 0 aromatic heterocycles. The summed E-state index contributed by atoms with van der Waals surface area (Å²) in [5, 5.41) is 0. The van der Waals surface area contributed by atoms with E-state index in [-0.39, 0.29) is 0 Å². The topological polar surface area (TPSA) is 24.7 Å². The van der Waals surface area contributed by atoms with Crippen LogP contribution in [0.1, 0.15) is 53.4 Å². The molecule has 0 amide bonds. The molecule has 0 aromatic rings. The molecule has 0 fully saturated rings. The first-order chi connectivity index (χ1) is 7.72. The van der Waals surface area contributed by atoms with Crippen LogP contribution in [0, 0.1) is 0 Å². The normalized spacial score (nSPS) is 12.0. The molecule has 0 bridgehead atoms. The lowest BCUT2D eigenvalue weighted by molar-refractivity contribution is 0.956. The number of hydrogen-bond donors (Lipinski definition) is 0. The van der Waals surface area contributed by atoms with Crippen molar-refractivity contribution in [3.63, 3.8) is 0 Å². The minimum Gasteiger partial charge on any atom is -0.263 e. The van der Waals surface area contributed by atoms with Crippen molar-refractivity contribution in [2.75, 3.05) is 0 Å². The Morgan fingerprint density at radius 3 is 2.31 bits per heavy atom. The molecular formula is C14H24N2. The van der Waals surface area contributed by atoms with Crippen molar-refractivity contribution in [2.24, 2.45) is 9.98 Å². The number of aliphatic imine (C=N–C) groups is 2. The molecule has 0 radical (unpaired) electrons. The Balaban J connectivity index is 4.31. The van der Waals surface area contributed by atoms with Gasteiger partial charge in [-0.1, -0.05) is 32.8 Å². The summed E-state index contributed by atoms with van der Waals surface area (Å²) in [4.78, 5) is 8.63. The van der Waals surface area contributed by atoms with Gasteiger partial charge >= 0.3 is 0 Å². The highest BCUT2D eigenvalue weighted by molar-refractivity contribution is 5.82. The van der Waals surface area contributed by atoms with Crippen molar-refractivity contribution in [1.82, 2.24) is 0 Å². The van der Waals surface area contributed by atoms with Gasteiger partial charge in [0, 0.05) is 12.4 Å². The zero-order chi connectivity index (χ0) is 12.2. The molecule has 0 saturated carbocycles. The number of nitrogens with zero attached hydrogens (tertiary/aromatic N) is 2. The first-order valence-electron chi connectivity index (χ1n) is 6.10. The van der Waals surface area contributed by atoms with Crippen molar-refractivity contribution in [2.45, 2.75) is 53.4 Å². The maximum atomic E-state index is 4.40. The third-order valence-electron chi connectivity index (χ3n) is 2.00. The Morgan fingerprint density at radius 2 is 1.75 bits per heavy atom. The van der Waals surface area contributed by atoms with Crippen molar-refractivity contribution in [1.29, 1.82) is 0 Å². The minimum absolute atomic E-state index is 0.967. The van der Waals surface area contributed by atoms with Crippen LogP contribution in [0.4, 0.5) is 0 Å². The van der Waals surface area contributed by atoms with Crippen LogP contribution >= 0.6 is 0 Å². The monoisotopic (exact) mass is 220 g/mol. The van der Waals surface area contributed by atoms with Crippen LogP contribution in [0.5, 0.6) is 0 Å². The summed E-state index contributed by atoms with van der Waals surface area (Å²) in [6.45, 7) is 8.42. The lowest BCUT2D eigenvalue weighted by Gasteiger charge is -1.95. The number of allylic oxidation sites excluding steroid dienone is 3. The standard InChI is InChI=1S/C14H24N2/c1-5-7-9-10-15-12-14(13(3)4)16-11-8-6-2/h9-12H,5-8H2,1-4H3/b10-9+,15-12?,16-11?. The number of rotatable bonds is 7. The highest BCUT2D eigenvalue weighted by Crippen LogP contribution is 2.02. The first kappa shape index (κ1) is 14.8. The summed E-state index contributed by atoms with van der Waals surface area (Å²) < 4.78 is 0. The molecule has 16 heavy (non-hydrogen) atoms.